The number of hydrogen-bond acceptors (Lipinski definition) is 3. The Morgan fingerprint density at radius 3 is 1.27 bits per heavy atom. The largest absolute Gasteiger partial charge is 0.310 e. The molecule has 0 unspecified atom stereocenters. The average molecular weight is 1190 g/mol. The van der Waals surface area contributed by atoms with Crippen molar-refractivity contribution in [2.45, 2.75) is 78.5 Å². The van der Waals surface area contributed by atoms with E-state index in [0.29, 0.717) is 11.8 Å². The van der Waals surface area contributed by atoms with Crippen molar-refractivity contribution in [3.8, 4) is 55.6 Å². The van der Waals surface area contributed by atoms with Crippen molar-refractivity contribution in [3.63, 3.8) is 0 Å². The van der Waals surface area contributed by atoms with Gasteiger partial charge in [-0.15, -0.1) is 24.0 Å². The molecule has 0 saturated heterocycles. The van der Waals surface area contributed by atoms with Gasteiger partial charge in [0.05, 0.1) is 5.41 Å². The summed E-state index contributed by atoms with van der Waals surface area (Å²) in [6.45, 7) is 18.7. The molecule has 0 radical (unpaired) electrons. The highest BCUT2D eigenvalue weighted by molar-refractivity contribution is 7.80. The van der Waals surface area contributed by atoms with Gasteiger partial charge in [0.2, 0.25) is 0 Å². The topological polar surface area (TPSA) is 3.24 Å². The first-order valence-corrected chi connectivity index (χ1v) is 32.7. The lowest BCUT2D eigenvalue weighted by atomic mass is 9.70. The molecule has 11 aromatic carbocycles. The van der Waals surface area contributed by atoms with Gasteiger partial charge in [0, 0.05) is 42.1 Å². The van der Waals surface area contributed by atoms with Gasteiger partial charge in [-0.2, -0.15) is 0 Å². The van der Waals surface area contributed by atoms with Crippen molar-refractivity contribution >= 4 is 61.2 Å². The van der Waals surface area contributed by atoms with Gasteiger partial charge in [0.15, 0.2) is 0 Å². The van der Waals surface area contributed by atoms with Crippen molar-refractivity contribution in [2.24, 2.45) is 5.92 Å². The van der Waals surface area contributed by atoms with E-state index in [9.17, 15) is 0 Å². The van der Waals surface area contributed by atoms with Crippen LogP contribution in [0.1, 0.15) is 96.0 Å². The summed E-state index contributed by atoms with van der Waals surface area (Å²) in [5.41, 5.74) is 22.1. The van der Waals surface area contributed by atoms with Crippen LogP contribution in [0.25, 0.3) is 75.8 Å². The zero-order valence-corrected chi connectivity index (χ0v) is 54.6. The molecule has 1 nitrogen and oxygen atoms in total. The fourth-order valence-electron chi connectivity index (χ4n) is 12.3. The lowest BCUT2D eigenvalue weighted by Crippen LogP contribution is -2.26. The molecule has 0 fully saturated rings. The Labute approximate surface area is 539 Å². The Morgan fingerprint density at radius 2 is 0.764 bits per heavy atom. The van der Waals surface area contributed by atoms with Crippen molar-refractivity contribution < 1.29 is 0 Å². The maximum absolute atomic E-state index is 4.34. The molecule has 1 aromatic heterocycles. The summed E-state index contributed by atoms with van der Waals surface area (Å²) in [5, 5.41) is 2.66. The second-order valence-electron chi connectivity index (χ2n) is 22.7. The zero-order chi connectivity index (χ0) is 62.3. The van der Waals surface area contributed by atoms with Crippen LogP contribution >= 0.6 is 24.0 Å². The molecule has 2 aliphatic carbocycles. The molecule has 0 aliphatic heterocycles. The third-order valence-electron chi connectivity index (χ3n) is 16.4. The quantitative estimate of drug-likeness (QED) is 0.106. The summed E-state index contributed by atoms with van der Waals surface area (Å²) in [4.78, 5) is 3.52. The molecule has 12 aromatic rings. The molecule has 0 bridgehead atoms. The first-order chi connectivity index (χ1) is 43.6. The Hall–Kier alpha value is -9.25. The van der Waals surface area contributed by atoms with E-state index >= 15 is 0 Å². The predicted octanol–water partition coefficient (Wildman–Crippen LogP) is 25.9. The molecule has 2 aliphatic rings. The number of hydrogen-bond donors (Lipinski definition) is 1. The van der Waals surface area contributed by atoms with Gasteiger partial charge in [0.25, 0.3) is 0 Å². The molecule has 0 saturated carbocycles. The standard InChI is InChI=1S/C61H39NS.C9H12S.C8H14.C6H10.C2H6/c1-2-12-40(13-3-1)42-26-31-46(32-27-42)62(47-33-28-43(29-34-47)41-22-24-44(25-23-41)45-30-37-60-54(38-45)53-17-7-11-21-59(53)63-60)48-35-36-52-51-16-6-10-20-57(51)61(58(52)39-48)55-18-8-4-14-49(55)50-15-5-9-19-56(50)61;1-7(2)8-5-3-4-6-9(8)10;1-4-5-6-7-8(2)3;1-3-5-6-4-2;1-2/h1-39H;3-7,10H,1-2H3;4-8H,1-3H3;3-6H,1-2H3;1-2H3/b;;5-4-,7-6-;5-3-,6-4-;. The van der Waals surface area contributed by atoms with Crippen LogP contribution in [0.4, 0.5) is 17.1 Å². The Morgan fingerprint density at radius 1 is 0.360 bits per heavy atom. The maximum atomic E-state index is 4.34. The molecular weight excluding hydrogens is 1110 g/mol. The first kappa shape index (κ1) is 62.8. The van der Waals surface area contributed by atoms with Crippen LogP contribution in [-0.2, 0) is 5.41 Å². The maximum Gasteiger partial charge on any atom is 0.0726 e. The van der Waals surface area contributed by atoms with Gasteiger partial charge in [0.1, 0.15) is 0 Å². The van der Waals surface area contributed by atoms with Crippen molar-refractivity contribution in [3.05, 3.63) is 337 Å². The molecule has 442 valence electrons. The minimum Gasteiger partial charge on any atom is -0.310 e. The van der Waals surface area contributed by atoms with Crippen LogP contribution in [0, 0.1) is 5.92 Å². The molecule has 14 rings (SSSR count). The van der Waals surface area contributed by atoms with E-state index in [1.165, 1.54) is 104 Å². The molecule has 0 amide bonds. The molecular formula is C86H81NS2. The lowest BCUT2D eigenvalue weighted by molar-refractivity contribution is 0.793. The van der Waals surface area contributed by atoms with E-state index in [0.717, 1.165) is 22.0 Å². The number of nitrogens with zero attached hydrogens (tertiary/aromatic N) is 1. The molecule has 0 N–H and O–H groups in total. The predicted molar refractivity (Wildman–Crippen MR) is 394 cm³/mol. The summed E-state index contributed by atoms with van der Waals surface area (Å²) in [7, 11) is 0. The number of fused-ring (bicyclic) bond motifs is 13. The molecule has 0 atom stereocenters. The summed E-state index contributed by atoms with van der Waals surface area (Å²) >= 11 is 6.20. The van der Waals surface area contributed by atoms with E-state index in [2.05, 4.69) is 306 Å². The number of thiophene rings is 1. The zero-order valence-electron chi connectivity index (χ0n) is 52.9. The molecule has 89 heavy (non-hydrogen) atoms. The van der Waals surface area contributed by atoms with Gasteiger partial charge in [-0.3, -0.25) is 0 Å². The minimum atomic E-state index is -0.419. The fraction of sp³-hybridized carbons (Fsp3) is 0.140. The second kappa shape index (κ2) is 29.6. The Kier molecular flexibility index (Phi) is 20.9. The number of allylic oxidation sites excluding steroid dienone is 8. The molecule has 3 heteroatoms. The Balaban J connectivity index is 0.000000282. The molecule has 1 spiro atoms. The normalized spacial score (nSPS) is 12.3. The van der Waals surface area contributed by atoms with Gasteiger partial charge < -0.3 is 4.90 Å². The van der Waals surface area contributed by atoms with E-state index in [1.54, 1.807) is 0 Å². The summed E-state index contributed by atoms with van der Waals surface area (Å²) in [6.07, 6.45) is 16.3. The van der Waals surface area contributed by atoms with Crippen molar-refractivity contribution in [1.82, 2.24) is 0 Å². The smallest absolute Gasteiger partial charge is 0.0726 e. The van der Waals surface area contributed by atoms with Crippen molar-refractivity contribution in [1.29, 1.82) is 0 Å². The van der Waals surface area contributed by atoms with Gasteiger partial charge in [-0.1, -0.05) is 290 Å². The third kappa shape index (κ3) is 13.4. The average Bonchev–Trinajstić information content (AvgIpc) is 1.52. The van der Waals surface area contributed by atoms with E-state index in [-0.39, 0.29) is 0 Å². The summed E-state index contributed by atoms with van der Waals surface area (Å²) in [6, 6.07) is 95.9. The van der Waals surface area contributed by atoms with Crippen LogP contribution < -0.4 is 4.90 Å². The summed E-state index contributed by atoms with van der Waals surface area (Å²) < 4.78 is 2.67. The monoisotopic (exact) mass is 1190 g/mol. The highest BCUT2D eigenvalue weighted by Gasteiger charge is 2.51. The summed E-state index contributed by atoms with van der Waals surface area (Å²) in [5.74, 6) is 1.25. The second-order valence-corrected chi connectivity index (χ2v) is 24.3. The fourth-order valence-corrected chi connectivity index (χ4v) is 13.8. The van der Waals surface area contributed by atoms with Crippen LogP contribution in [0.15, 0.2) is 314 Å². The Bertz CT molecular complexity index is 4350. The first-order valence-electron chi connectivity index (χ1n) is 31.5. The number of thiol groups is 1. The number of benzene rings is 11. The van der Waals surface area contributed by atoms with Crippen LogP contribution in [0.2, 0.25) is 0 Å². The van der Waals surface area contributed by atoms with E-state index in [1.807, 2.05) is 94.5 Å². The van der Waals surface area contributed by atoms with Gasteiger partial charge in [-0.05, 0) is 177 Å². The van der Waals surface area contributed by atoms with Gasteiger partial charge >= 0.3 is 0 Å². The van der Waals surface area contributed by atoms with Crippen LogP contribution in [0.3, 0.4) is 0 Å². The number of anilines is 3. The third-order valence-corrected chi connectivity index (χ3v) is 17.9. The van der Waals surface area contributed by atoms with Crippen LogP contribution in [0.5, 0.6) is 0 Å². The van der Waals surface area contributed by atoms with Crippen LogP contribution in [-0.4, -0.2) is 0 Å². The highest BCUT2D eigenvalue weighted by Crippen LogP contribution is 2.63. The minimum absolute atomic E-state index is 0.419. The SMILES string of the molecule is C/C=C\C=C/C.C/C=C\C=C/C(C)C.CC.CC(C)c1ccccc1S.c1ccc(-c2ccc(N(c3ccc(-c4ccc(-c5ccc6sc7ccccc7c6c5)cc4)cc3)c3ccc4c(c3)C3(c5ccccc5-c5ccccc53)c3ccccc3-4)cc2)cc1. The molecule has 1 heterocycles. The van der Waals surface area contributed by atoms with E-state index in [4.69, 9.17) is 0 Å². The van der Waals surface area contributed by atoms with Gasteiger partial charge in [-0.25, -0.2) is 0 Å². The van der Waals surface area contributed by atoms with Crippen molar-refractivity contribution in [2.75, 3.05) is 4.90 Å². The highest BCUT2D eigenvalue weighted by atomic mass is 32.1. The lowest BCUT2D eigenvalue weighted by Gasteiger charge is -2.32. The number of rotatable bonds is 10. The van der Waals surface area contributed by atoms with E-state index < -0.39 is 5.41 Å².